The highest BCUT2D eigenvalue weighted by atomic mass is 16.3. The maximum atomic E-state index is 11.1. The summed E-state index contributed by atoms with van der Waals surface area (Å²) in [5.41, 5.74) is 2.63. The summed E-state index contributed by atoms with van der Waals surface area (Å²) in [6.45, 7) is 2.14. The van der Waals surface area contributed by atoms with Crippen molar-refractivity contribution in [2.24, 2.45) is 0 Å². The zero-order valence-corrected chi connectivity index (χ0v) is 8.73. The van der Waals surface area contributed by atoms with Crippen LogP contribution < -0.4 is 0 Å². The summed E-state index contributed by atoms with van der Waals surface area (Å²) in [5, 5.41) is 0. The maximum absolute atomic E-state index is 11.1. The lowest BCUT2D eigenvalue weighted by Gasteiger charge is -2.14. The van der Waals surface area contributed by atoms with Gasteiger partial charge in [0.1, 0.15) is 5.52 Å². The highest BCUT2D eigenvalue weighted by Gasteiger charge is 2.05. The minimum absolute atomic E-state index is 0.0488. The van der Waals surface area contributed by atoms with Crippen LogP contribution in [0.5, 0.6) is 0 Å². The van der Waals surface area contributed by atoms with Gasteiger partial charge in [0.2, 0.25) is 5.91 Å². The summed E-state index contributed by atoms with van der Waals surface area (Å²) in [7, 11) is 1.77. The second-order valence-electron chi connectivity index (χ2n) is 3.53. The van der Waals surface area contributed by atoms with Crippen molar-refractivity contribution in [1.29, 1.82) is 0 Å². The first-order valence-corrected chi connectivity index (χ1v) is 4.70. The molecule has 0 unspecified atom stereocenters. The van der Waals surface area contributed by atoms with E-state index in [2.05, 4.69) is 4.98 Å². The number of benzene rings is 1. The Morgan fingerprint density at radius 1 is 1.53 bits per heavy atom. The fraction of sp³-hybridized carbons (Fsp3) is 0.273. The van der Waals surface area contributed by atoms with Crippen LogP contribution in [0.2, 0.25) is 0 Å². The smallest absolute Gasteiger partial charge is 0.219 e. The van der Waals surface area contributed by atoms with Gasteiger partial charge in [-0.25, -0.2) is 4.98 Å². The lowest BCUT2D eigenvalue weighted by Crippen LogP contribution is -2.22. The molecule has 0 N–H and O–H groups in total. The van der Waals surface area contributed by atoms with Crippen molar-refractivity contribution in [3.05, 3.63) is 30.2 Å². The van der Waals surface area contributed by atoms with Crippen molar-refractivity contribution in [3.63, 3.8) is 0 Å². The standard InChI is InChI=1S/C11H12N2O2/c1-8(14)13(2)6-9-3-4-10-11(5-9)15-7-12-10/h3-5,7H,6H2,1-2H3. The highest BCUT2D eigenvalue weighted by Crippen LogP contribution is 2.15. The summed E-state index contributed by atoms with van der Waals surface area (Å²) in [6.07, 6.45) is 1.42. The van der Waals surface area contributed by atoms with Crippen LogP contribution in [0.3, 0.4) is 0 Å². The lowest BCUT2D eigenvalue weighted by molar-refractivity contribution is -0.128. The first-order chi connectivity index (χ1) is 7.16. The molecular formula is C11H12N2O2. The predicted molar refractivity (Wildman–Crippen MR) is 56.2 cm³/mol. The molecule has 0 aliphatic heterocycles. The third kappa shape index (κ3) is 1.98. The Morgan fingerprint density at radius 2 is 2.33 bits per heavy atom. The van der Waals surface area contributed by atoms with E-state index in [1.807, 2.05) is 18.2 Å². The zero-order chi connectivity index (χ0) is 10.8. The molecule has 0 radical (unpaired) electrons. The molecule has 2 aromatic rings. The summed E-state index contributed by atoms with van der Waals surface area (Å²) < 4.78 is 5.19. The van der Waals surface area contributed by atoms with Gasteiger partial charge in [0.25, 0.3) is 0 Å². The molecule has 0 saturated heterocycles. The van der Waals surface area contributed by atoms with Gasteiger partial charge in [0.05, 0.1) is 0 Å². The van der Waals surface area contributed by atoms with E-state index >= 15 is 0 Å². The summed E-state index contributed by atoms with van der Waals surface area (Å²) in [5.74, 6) is 0.0488. The Balaban J connectivity index is 2.24. The number of amides is 1. The molecule has 1 aromatic carbocycles. The van der Waals surface area contributed by atoms with Crippen LogP contribution in [0, 0.1) is 0 Å². The van der Waals surface area contributed by atoms with E-state index in [0.717, 1.165) is 16.7 Å². The van der Waals surface area contributed by atoms with Crippen LogP contribution in [-0.4, -0.2) is 22.8 Å². The van der Waals surface area contributed by atoms with Gasteiger partial charge < -0.3 is 9.32 Å². The fourth-order valence-corrected chi connectivity index (χ4v) is 1.38. The quantitative estimate of drug-likeness (QED) is 0.749. The van der Waals surface area contributed by atoms with Gasteiger partial charge in [0, 0.05) is 20.5 Å². The van der Waals surface area contributed by atoms with Gasteiger partial charge in [-0.2, -0.15) is 0 Å². The first-order valence-electron chi connectivity index (χ1n) is 4.70. The zero-order valence-electron chi connectivity index (χ0n) is 8.73. The Labute approximate surface area is 87.5 Å². The topological polar surface area (TPSA) is 46.3 Å². The van der Waals surface area contributed by atoms with Gasteiger partial charge in [-0.3, -0.25) is 4.79 Å². The Kier molecular flexibility index (Phi) is 2.41. The van der Waals surface area contributed by atoms with Crippen molar-refractivity contribution < 1.29 is 9.21 Å². The summed E-state index contributed by atoms with van der Waals surface area (Å²) in [6, 6.07) is 5.74. The molecule has 1 heterocycles. The molecule has 1 aromatic heterocycles. The lowest BCUT2D eigenvalue weighted by atomic mass is 10.2. The third-order valence-electron chi connectivity index (χ3n) is 2.35. The van der Waals surface area contributed by atoms with E-state index in [1.165, 1.54) is 6.39 Å². The van der Waals surface area contributed by atoms with Crippen LogP contribution in [0.15, 0.2) is 29.0 Å². The molecular weight excluding hydrogens is 192 g/mol. The van der Waals surface area contributed by atoms with E-state index in [0.29, 0.717) is 6.54 Å². The SMILES string of the molecule is CC(=O)N(C)Cc1ccc2ncoc2c1. The number of oxazole rings is 1. The summed E-state index contributed by atoms with van der Waals surface area (Å²) >= 11 is 0. The Hall–Kier alpha value is -1.84. The molecule has 1 amide bonds. The first kappa shape index (κ1) is 9.71. The normalized spacial score (nSPS) is 10.5. The second-order valence-corrected chi connectivity index (χ2v) is 3.53. The second kappa shape index (κ2) is 3.73. The van der Waals surface area contributed by atoms with Crippen molar-refractivity contribution in [2.45, 2.75) is 13.5 Å². The molecule has 4 heteroatoms. The predicted octanol–water partition coefficient (Wildman–Crippen LogP) is 1.81. The van der Waals surface area contributed by atoms with Crippen molar-refractivity contribution in [1.82, 2.24) is 9.88 Å². The number of carbonyl (C=O) groups excluding carboxylic acids is 1. The highest BCUT2D eigenvalue weighted by molar-refractivity contribution is 5.74. The van der Waals surface area contributed by atoms with Gasteiger partial charge >= 0.3 is 0 Å². The van der Waals surface area contributed by atoms with E-state index in [1.54, 1.807) is 18.9 Å². The molecule has 78 valence electrons. The summed E-state index contributed by atoms with van der Waals surface area (Å²) in [4.78, 5) is 16.7. The van der Waals surface area contributed by atoms with Crippen molar-refractivity contribution in [3.8, 4) is 0 Å². The minimum Gasteiger partial charge on any atom is -0.443 e. The Bertz CT molecular complexity index is 490. The number of rotatable bonds is 2. The van der Waals surface area contributed by atoms with E-state index < -0.39 is 0 Å². The van der Waals surface area contributed by atoms with Gasteiger partial charge in [-0.05, 0) is 17.7 Å². The molecule has 0 aliphatic carbocycles. The van der Waals surface area contributed by atoms with Crippen LogP contribution in [0.1, 0.15) is 12.5 Å². The number of hydrogen-bond donors (Lipinski definition) is 0. The van der Waals surface area contributed by atoms with Gasteiger partial charge in [-0.1, -0.05) is 6.07 Å². The molecule has 0 spiro atoms. The maximum Gasteiger partial charge on any atom is 0.219 e. The van der Waals surface area contributed by atoms with E-state index in [4.69, 9.17) is 4.42 Å². The molecule has 0 saturated carbocycles. The average molecular weight is 204 g/mol. The van der Waals surface area contributed by atoms with Crippen molar-refractivity contribution in [2.75, 3.05) is 7.05 Å². The van der Waals surface area contributed by atoms with E-state index in [9.17, 15) is 4.79 Å². The Morgan fingerprint density at radius 3 is 3.07 bits per heavy atom. The van der Waals surface area contributed by atoms with Crippen LogP contribution in [0.25, 0.3) is 11.1 Å². The van der Waals surface area contributed by atoms with Crippen molar-refractivity contribution >= 4 is 17.0 Å². The monoisotopic (exact) mass is 204 g/mol. The molecule has 0 aliphatic rings. The molecule has 2 rings (SSSR count). The third-order valence-corrected chi connectivity index (χ3v) is 2.35. The van der Waals surface area contributed by atoms with Crippen LogP contribution >= 0.6 is 0 Å². The number of aromatic nitrogens is 1. The molecule has 0 bridgehead atoms. The number of nitrogens with zero attached hydrogens (tertiary/aromatic N) is 2. The molecule has 0 fully saturated rings. The van der Waals surface area contributed by atoms with Crippen LogP contribution in [0.4, 0.5) is 0 Å². The minimum atomic E-state index is 0.0488. The van der Waals surface area contributed by atoms with Crippen LogP contribution in [-0.2, 0) is 11.3 Å². The molecule has 15 heavy (non-hydrogen) atoms. The number of hydrogen-bond acceptors (Lipinski definition) is 3. The van der Waals surface area contributed by atoms with Gasteiger partial charge in [0.15, 0.2) is 12.0 Å². The molecule has 0 atom stereocenters. The average Bonchev–Trinajstić information content (AvgIpc) is 2.64. The number of fused-ring (bicyclic) bond motifs is 1. The molecule has 4 nitrogen and oxygen atoms in total. The fourth-order valence-electron chi connectivity index (χ4n) is 1.38. The van der Waals surface area contributed by atoms with E-state index in [-0.39, 0.29) is 5.91 Å². The van der Waals surface area contributed by atoms with Gasteiger partial charge in [-0.15, -0.1) is 0 Å². The number of carbonyl (C=O) groups is 1. The largest absolute Gasteiger partial charge is 0.443 e.